The van der Waals surface area contributed by atoms with Crippen molar-refractivity contribution in [2.45, 2.75) is 20.3 Å². The van der Waals surface area contributed by atoms with E-state index in [2.05, 4.69) is 0 Å². The smallest absolute Gasteiger partial charge is 0.0462 e. The van der Waals surface area contributed by atoms with Crippen LogP contribution in [0.3, 0.4) is 0 Å². The molecule has 0 aromatic rings. The van der Waals surface area contributed by atoms with Crippen molar-refractivity contribution in [2.75, 3.05) is 6.61 Å². The van der Waals surface area contributed by atoms with Crippen LogP contribution in [0.25, 0.3) is 0 Å². The van der Waals surface area contributed by atoms with Crippen LogP contribution in [0.4, 0.5) is 0 Å². The maximum Gasteiger partial charge on any atom is 0.0462 e. The standard InChI is InChI=1S/C7H15NO/c1-3-7(4-8)6(2)5-9/h4,6-9H,3,5H2,1-2H3. The number of nitrogens with one attached hydrogen (secondary N) is 1. The Morgan fingerprint density at radius 2 is 2.22 bits per heavy atom. The molecule has 0 saturated heterocycles. The van der Waals surface area contributed by atoms with Gasteiger partial charge in [0.05, 0.1) is 0 Å². The lowest BCUT2D eigenvalue weighted by Gasteiger charge is -2.14. The summed E-state index contributed by atoms with van der Waals surface area (Å²) in [6.07, 6.45) is 2.37. The summed E-state index contributed by atoms with van der Waals surface area (Å²) in [5.41, 5.74) is 0. The summed E-state index contributed by atoms with van der Waals surface area (Å²) in [4.78, 5) is 0. The second-order valence-electron chi connectivity index (χ2n) is 2.40. The van der Waals surface area contributed by atoms with Crippen LogP contribution in [-0.4, -0.2) is 17.9 Å². The topological polar surface area (TPSA) is 44.1 Å². The zero-order chi connectivity index (χ0) is 7.28. The first-order chi connectivity index (χ1) is 4.26. The monoisotopic (exact) mass is 129 g/mol. The Bertz CT molecular complexity index is 83.0. The Hall–Kier alpha value is -0.370. The van der Waals surface area contributed by atoms with Crippen molar-refractivity contribution in [2.24, 2.45) is 11.8 Å². The van der Waals surface area contributed by atoms with Crippen LogP contribution < -0.4 is 0 Å². The first kappa shape index (κ1) is 8.63. The minimum atomic E-state index is 0.188. The Morgan fingerprint density at radius 1 is 1.67 bits per heavy atom. The van der Waals surface area contributed by atoms with E-state index in [0.717, 1.165) is 6.42 Å². The van der Waals surface area contributed by atoms with E-state index >= 15 is 0 Å². The molecule has 9 heavy (non-hydrogen) atoms. The molecule has 0 spiro atoms. The summed E-state index contributed by atoms with van der Waals surface area (Å²) >= 11 is 0. The van der Waals surface area contributed by atoms with Crippen LogP contribution in [0.1, 0.15) is 20.3 Å². The third-order valence-electron chi connectivity index (χ3n) is 1.70. The lowest BCUT2D eigenvalue weighted by Crippen LogP contribution is -2.15. The van der Waals surface area contributed by atoms with Crippen LogP contribution in [0.2, 0.25) is 0 Å². The molecule has 0 heterocycles. The van der Waals surface area contributed by atoms with Crippen LogP contribution in [0.15, 0.2) is 0 Å². The Labute approximate surface area is 56.4 Å². The second kappa shape index (κ2) is 4.50. The average molecular weight is 129 g/mol. The van der Waals surface area contributed by atoms with Crippen molar-refractivity contribution >= 4 is 6.21 Å². The molecule has 2 heteroatoms. The first-order valence-corrected chi connectivity index (χ1v) is 3.37. The average Bonchev–Trinajstić information content (AvgIpc) is 1.90. The van der Waals surface area contributed by atoms with E-state index in [4.69, 9.17) is 10.5 Å². The normalized spacial score (nSPS) is 16.8. The van der Waals surface area contributed by atoms with Crippen molar-refractivity contribution < 1.29 is 5.11 Å². The van der Waals surface area contributed by atoms with Gasteiger partial charge in [-0.2, -0.15) is 0 Å². The highest BCUT2D eigenvalue weighted by atomic mass is 16.3. The molecule has 0 bridgehead atoms. The lowest BCUT2D eigenvalue weighted by atomic mass is 9.94. The molecular weight excluding hydrogens is 114 g/mol. The predicted molar refractivity (Wildman–Crippen MR) is 38.8 cm³/mol. The quantitative estimate of drug-likeness (QED) is 0.552. The van der Waals surface area contributed by atoms with Crippen molar-refractivity contribution in [3.63, 3.8) is 0 Å². The Balaban J connectivity index is 3.63. The molecule has 0 aliphatic heterocycles. The lowest BCUT2D eigenvalue weighted by molar-refractivity contribution is 0.212. The van der Waals surface area contributed by atoms with Gasteiger partial charge in [0.15, 0.2) is 0 Å². The molecule has 2 unspecified atom stereocenters. The summed E-state index contributed by atoms with van der Waals surface area (Å²) in [7, 11) is 0. The van der Waals surface area contributed by atoms with E-state index in [9.17, 15) is 0 Å². The zero-order valence-electron chi connectivity index (χ0n) is 6.09. The molecule has 2 N–H and O–H groups in total. The molecule has 0 aliphatic carbocycles. The van der Waals surface area contributed by atoms with Gasteiger partial charge in [-0.15, -0.1) is 0 Å². The van der Waals surface area contributed by atoms with Gasteiger partial charge in [0.2, 0.25) is 0 Å². The van der Waals surface area contributed by atoms with Crippen molar-refractivity contribution in [1.29, 1.82) is 5.41 Å². The predicted octanol–water partition coefficient (Wildman–Crippen LogP) is 1.29. The van der Waals surface area contributed by atoms with Gasteiger partial charge in [-0.05, 0) is 24.5 Å². The molecule has 0 amide bonds. The molecule has 0 aromatic heterocycles. The molecule has 0 radical (unpaired) electrons. The van der Waals surface area contributed by atoms with E-state index in [1.54, 1.807) is 0 Å². The van der Waals surface area contributed by atoms with Crippen LogP contribution in [-0.2, 0) is 0 Å². The molecular formula is C7H15NO. The number of aliphatic hydroxyl groups is 1. The summed E-state index contributed by atoms with van der Waals surface area (Å²) < 4.78 is 0. The minimum Gasteiger partial charge on any atom is -0.396 e. The molecule has 2 atom stereocenters. The Kier molecular flexibility index (Phi) is 4.32. The second-order valence-corrected chi connectivity index (χ2v) is 2.40. The molecule has 0 fully saturated rings. The molecule has 0 aromatic carbocycles. The highest BCUT2D eigenvalue weighted by molar-refractivity contribution is 5.56. The van der Waals surface area contributed by atoms with E-state index < -0.39 is 0 Å². The molecule has 0 aliphatic rings. The SMILES string of the molecule is CCC(C=N)C(C)CO. The minimum absolute atomic E-state index is 0.188. The highest BCUT2D eigenvalue weighted by Crippen LogP contribution is 2.11. The third-order valence-corrected chi connectivity index (χ3v) is 1.70. The highest BCUT2D eigenvalue weighted by Gasteiger charge is 2.10. The number of hydrogen-bond acceptors (Lipinski definition) is 2. The van der Waals surface area contributed by atoms with E-state index in [0.29, 0.717) is 0 Å². The maximum atomic E-state index is 8.66. The van der Waals surface area contributed by atoms with Crippen LogP contribution in [0, 0.1) is 17.2 Å². The fourth-order valence-corrected chi connectivity index (χ4v) is 0.820. The molecule has 0 saturated carbocycles. The molecule has 2 nitrogen and oxygen atoms in total. The zero-order valence-corrected chi connectivity index (χ0v) is 6.09. The van der Waals surface area contributed by atoms with Gasteiger partial charge in [-0.25, -0.2) is 0 Å². The molecule has 0 rings (SSSR count). The Morgan fingerprint density at radius 3 is 2.33 bits per heavy atom. The maximum absolute atomic E-state index is 8.66. The van der Waals surface area contributed by atoms with Gasteiger partial charge in [0.1, 0.15) is 0 Å². The molecule has 54 valence electrons. The summed E-state index contributed by atoms with van der Waals surface area (Å²) in [6, 6.07) is 0. The summed E-state index contributed by atoms with van der Waals surface area (Å²) in [5.74, 6) is 0.502. The fraction of sp³-hybridized carbons (Fsp3) is 0.857. The number of rotatable bonds is 4. The number of hydrogen-bond donors (Lipinski definition) is 2. The van der Waals surface area contributed by atoms with E-state index in [-0.39, 0.29) is 18.4 Å². The number of aliphatic hydroxyl groups excluding tert-OH is 1. The van der Waals surface area contributed by atoms with Crippen molar-refractivity contribution in [3.8, 4) is 0 Å². The van der Waals surface area contributed by atoms with Crippen molar-refractivity contribution in [1.82, 2.24) is 0 Å². The van der Waals surface area contributed by atoms with Crippen LogP contribution in [0.5, 0.6) is 0 Å². The fourth-order valence-electron chi connectivity index (χ4n) is 0.820. The van der Waals surface area contributed by atoms with E-state index in [1.165, 1.54) is 6.21 Å². The first-order valence-electron chi connectivity index (χ1n) is 3.37. The van der Waals surface area contributed by atoms with E-state index in [1.807, 2.05) is 13.8 Å². The summed E-state index contributed by atoms with van der Waals surface area (Å²) in [5, 5.41) is 15.6. The van der Waals surface area contributed by atoms with Gasteiger partial charge in [-0.1, -0.05) is 13.8 Å². The van der Waals surface area contributed by atoms with Gasteiger partial charge >= 0.3 is 0 Å². The van der Waals surface area contributed by atoms with Gasteiger partial charge in [-0.3, -0.25) is 0 Å². The van der Waals surface area contributed by atoms with Crippen molar-refractivity contribution in [3.05, 3.63) is 0 Å². The third kappa shape index (κ3) is 2.61. The van der Waals surface area contributed by atoms with Gasteiger partial charge in [0, 0.05) is 6.61 Å². The largest absolute Gasteiger partial charge is 0.396 e. The van der Waals surface area contributed by atoms with Crippen LogP contribution >= 0.6 is 0 Å². The van der Waals surface area contributed by atoms with Gasteiger partial charge in [0.25, 0.3) is 0 Å². The van der Waals surface area contributed by atoms with Gasteiger partial charge < -0.3 is 10.5 Å². The summed E-state index contributed by atoms with van der Waals surface area (Å²) in [6.45, 7) is 4.18.